The molecule has 1 aromatic rings. The summed E-state index contributed by atoms with van der Waals surface area (Å²) in [6.45, 7) is 0.625. The molecule has 0 spiro atoms. The summed E-state index contributed by atoms with van der Waals surface area (Å²) in [4.78, 5) is 54.8. The standard InChI is InChI=1S/C17H28N6O6S/c1-9(21-15(26)11(18)3-4-30-2)14(25)22-12(5-10-6-19-8-20-10)16(27)23-13(7-24)17(28)29/h6,8-9,11-13,24H,3-5,7,18H2,1-2H3,(H,19,20)(H,21,26)(H,22,25)(H,23,27)(H,28,29). The van der Waals surface area contributed by atoms with Crippen LogP contribution < -0.4 is 21.7 Å². The number of nitrogens with zero attached hydrogens (tertiary/aromatic N) is 1. The van der Waals surface area contributed by atoms with Crippen LogP contribution in [0.2, 0.25) is 0 Å². The number of nitrogens with one attached hydrogen (secondary N) is 4. The Kier molecular flexibility index (Phi) is 10.9. The van der Waals surface area contributed by atoms with Crippen LogP contribution in [0, 0.1) is 0 Å². The number of imidazole rings is 1. The van der Waals surface area contributed by atoms with Gasteiger partial charge in [0.15, 0.2) is 0 Å². The number of nitrogens with two attached hydrogens (primary N) is 1. The zero-order valence-corrected chi connectivity index (χ0v) is 17.6. The fourth-order valence-electron chi connectivity index (χ4n) is 2.34. The lowest BCUT2D eigenvalue weighted by molar-refractivity contribution is -0.143. The van der Waals surface area contributed by atoms with Crippen LogP contribution in [0.1, 0.15) is 19.0 Å². The van der Waals surface area contributed by atoms with Gasteiger partial charge in [0, 0.05) is 18.3 Å². The number of carbonyl (C=O) groups is 4. The average Bonchev–Trinajstić information content (AvgIpc) is 3.21. The molecule has 12 nitrogen and oxygen atoms in total. The number of amides is 3. The van der Waals surface area contributed by atoms with Crippen molar-refractivity contribution in [1.29, 1.82) is 0 Å². The van der Waals surface area contributed by atoms with E-state index in [0.29, 0.717) is 17.9 Å². The Hall–Kier alpha value is -2.64. The highest BCUT2D eigenvalue weighted by molar-refractivity contribution is 7.98. The van der Waals surface area contributed by atoms with Crippen LogP contribution >= 0.6 is 11.8 Å². The molecule has 4 atom stereocenters. The quantitative estimate of drug-likeness (QED) is 0.173. The Labute approximate surface area is 177 Å². The number of aromatic nitrogens is 2. The highest BCUT2D eigenvalue weighted by Crippen LogP contribution is 2.02. The predicted octanol–water partition coefficient (Wildman–Crippen LogP) is -2.42. The maximum Gasteiger partial charge on any atom is 0.328 e. The summed E-state index contributed by atoms with van der Waals surface area (Å²) < 4.78 is 0. The van der Waals surface area contributed by atoms with Gasteiger partial charge in [0.1, 0.15) is 18.1 Å². The van der Waals surface area contributed by atoms with Crippen molar-refractivity contribution in [3.05, 3.63) is 18.2 Å². The van der Waals surface area contributed by atoms with E-state index in [-0.39, 0.29) is 6.42 Å². The van der Waals surface area contributed by atoms with Gasteiger partial charge in [0.25, 0.3) is 0 Å². The van der Waals surface area contributed by atoms with Crippen molar-refractivity contribution >= 4 is 35.5 Å². The van der Waals surface area contributed by atoms with Crippen molar-refractivity contribution in [2.75, 3.05) is 18.6 Å². The molecule has 3 amide bonds. The van der Waals surface area contributed by atoms with Crippen molar-refractivity contribution in [1.82, 2.24) is 25.9 Å². The van der Waals surface area contributed by atoms with Gasteiger partial charge in [-0.1, -0.05) is 0 Å². The maximum absolute atomic E-state index is 12.5. The zero-order chi connectivity index (χ0) is 22.7. The van der Waals surface area contributed by atoms with Crippen LogP contribution in [0.15, 0.2) is 12.5 Å². The lowest BCUT2D eigenvalue weighted by atomic mass is 10.1. The van der Waals surface area contributed by atoms with Gasteiger partial charge in [-0.05, 0) is 25.4 Å². The van der Waals surface area contributed by atoms with Crippen LogP contribution in [0.4, 0.5) is 0 Å². The third-order valence-electron chi connectivity index (χ3n) is 4.13. The van der Waals surface area contributed by atoms with E-state index in [4.69, 9.17) is 15.9 Å². The van der Waals surface area contributed by atoms with E-state index < -0.39 is 54.5 Å². The fraction of sp³-hybridized carbons (Fsp3) is 0.588. The summed E-state index contributed by atoms with van der Waals surface area (Å²) in [6, 6.07) is -4.44. The third kappa shape index (κ3) is 8.39. The minimum atomic E-state index is -1.52. The molecule has 1 heterocycles. The van der Waals surface area contributed by atoms with Crippen LogP contribution in [0.3, 0.4) is 0 Å². The Morgan fingerprint density at radius 3 is 2.37 bits per heavy atom. The Morgan fingerprint density at radius 1 is 1.17 bits per heavy atom. The van der Waals surface area contributed by atoms with E-state index in [2.05, 4.69) is 25.9 Å². The number of aliphatic hydroxyl groups is 1. The minimum absolute atomic E-state index is 0.0107. The van der Waals surface area contributed by atoms with Gasteiger partial charge in [0.2, 0.25) is 17.7 Å². The van der Waals surface area contributed by atoms with Crippen LogP contribution in [0.25, 0.3) is 0 Å². The van der Waals surface area contributed by atoms with Crippen molar-refractivity contribution in [3.63, 3.8) is 0 Å². The second-order valence-electron chi connectivity index (χ2n) is 6.54. The maximum atomic E-state index is 12.5. The molecule has 0 bridgehead atoms. The van der Waals surface area contributed by atoms with E-state index in [1.54, 1.807) is 11.8 Å². The van der Waals surface area contributed by atoms with E-state index >= 15 is 0 Å². The summed E-state index contributed by atoms with van der Waals surface area (Å²) in [6.07, 6.45) is 5.16. The van der Waals surface area contributed by atoms with E-state index in [0.717, 1.165) is 0 Å². The molecule has 0 aliphatic rings. The summed E-state index contributed by atoms with van der Waals surface area (Å²) in [5.41, 5.74) is 6.29. The second-order valence-corrected chi connectivity index (χ2v) is 7.53. The second kappa shape index (κ2) is 12.8. The van der Waals surface area contributed by atoms with E-state index in [1.807, 2.05) is 6.26 Å². The fourth-order valence-corrected chi connectivity index (χ4v) is 2.83. The lowest BCUT2D eigenvalue weighted by Crippen LogP contribution is -2.57. The SMILES string of the molecule is CSCCC(N)C(=O)NC(C)C(=O)NC(Cc1cnc[nH]1)C(=O)NC(CO)C(=O)O. The van der Waals surface area contributed by atoms with Crippen molar-refractivity contribution < 1.29 is 29.4 Å². The molecule has 13 heteroatoms. The van der Waals surface area contributed by atoms with Crippen LogP contribution in [-0.4, -0.2) is 86.7 Å². The summed E-state index contributed by atoms with van der Waals surface area (Å²) in [5.74, 6) is -2.69. The first-order valence-electron chi connectivity index (χ1n) is 9.16. The molecule has 0 fully saturated rings. The average molecular weight is 445 g/mol. The molecule has 30 heavy (non-hydrogen) atoms. The van der Waals surface area contributed by atoms with Gasteiger partial charge in [0.05, 0.1) is 19.0 Å². The first kappa shape index (κ1) is 25.4. The third-order valence-corrected chi connectivity index (χ3v) is 4.77. The van der Waals surface area contributed by atoms with Gasteiger partial charge in [-0.3, -0.25) is 14.4 Å². The summed E-state index contributed by atoms with van der Waals surface area (Å²) in [5, 5.41) is 25.2. The first-order chi connectivity index (χ1) is 14.2. The van der Waals surface area contributed by atoms with Crippen molar-refractivity contribution in [2.45, 2.75) is 43.9 Å². The molecule has 1 rings (SSSR count). The normalized spacial score (nSPS) is 14.8. The molecule has 168 valence electrons. The molecule has 8 N–H and O–H groups in total. The number of carboxylic acids is 1. The van der Waals surface area contributed by atoms with Crippen molar-refractivity contribution in [3.8, 4) is 0 Å². The Bertz CT molecular complexity index is 716. The molecule has 0 aromatic carbocycles. The summed E-state index contributed by atoms with van der Waals surface area (Å²) >= 11 is 1.54. The zero-order valence-electron chi connectivity index (χ0n) is 16.8. The van der Waals surface area contributed by atoms with E-state index in [9.17, 15) is 19.2 Å². The number of hydrogen-bond acceptors (Lipinski definition) is 8. The number of aromatic amines is 1. The molecule has 0 saturated carbocycles. The number of rotatable bonds is 13. The van der Waals surface area contributed by atoms with Crippen LogP contribution in [-0.2, 0) is 25.6 Å². The Morgan fingerprint density at radius 2 is 1.83 bits per heavy atom. The largest absolute Gasteiger partial charge is 0.480 e. The molecule has 0 saturated heterocycles. The number of aliphatic carboxylic acids is 1. The highest BCUT2D eigenvalue weighted by atomic mass is 32.2. The van der Waals surface area contributed by atoms with Crippen molar-refractivity contribution in [2.24, 2.45) is 5.73 Å². The monoisotopic (exact) mass is 444 g/mol. The first-order valence-corrected chi connectivity index (χ1v) is 10.6. The number of hydrogen-bond donors (Lipinski definition) is 7. The van der Waals surface area contributed by atoms with E-state index in [1.165, 1.54) is 19.4 Å². The van der Waals surface area contributed by atoms with Gasteiger partial charge in [-0.2, -0.15) is 11.8 Å². The molecule has 4 unspecified atom stereocenters. The smallest absolute Gasteiger partial charge is 0.328 e. The van der Waals surface area contributed by atoms with Gasteiger partial charge in [-0.15, -0.1) is 0 Å². The minimum Gasteiger partial charge on any atom is -0.480 e. The molecule has 1 aromatic heterocycles. The molecule has 0 aliphatic heterocycles. The highest BCUT2D eigenvalue weighted by Gasteiger charge is 2.29. The summed E-state index contributed by atoms with van der Waals surface area (Å²) in [7, 11) is 0. The lowest BCUT2D eigenvalue weighted by Gasteiger charge is -2.23. The topological polar surface area (TPSA) is 200 Å². The molecule has 0 radical (unpaired) electrons. The number of H-pyrrole nitrogens is 1. The van der Waals surface area contributed by atoms with Crippen LogP contribution in [0.5, 0.6) is 0 Å². The number of carboxylic acid groups (broad SMARTS) is 1. The molecular formula is C17H28N6O6S. The molecule has 0 aliphatic carbocycles. The number of aliphatic hydroxyl groups excluding tert-OH is 1. The Balaban J connectivity index is 2.79. The molecular weight excluding hydrogens is 416 g/mol. The van der Waals surface area contributed by atoms with Gasteiger partial charge < -0.3 is 36.9 Å². The predicted molar refractivity (Wildman–Crippen MR) is 109 cm³/mol. The number of thioether (sulfide) groups is 1. The van der Waals surface area contributed by atoms with Gasteiger partial charge >= 0.3 is 5.97 Å². The number of carbonyl (C=O) groups excluding carboxylic acids is 3. The van der Waals surface area contributed by atoms with Gasteiger partial charge in [-0.25, -0.2) is 9.78 Å².